The van der Waals surface area contributed by atoms with Crippen LogP contribution in [0.2, 0.25) is 0 Å². The highest BCUT2D eigenvalue weighted by atomic mass is 16.3. The van der Waals surface area contributed by atoms with E-state index in [1.165, 1.54) is 0 Å². The average molecular weight is 404 g/mol. The summed E-state index contributed by atoms with van der Waals surface area (Å²) in [7, 11) is 0. The summed E-state index contributed by atoms with van der Waals surface area (Å²) in [5, 5.41) is 13.0. The van der Waals surface area contributed by atoms with Crippen LogP contribution >= 0.6 is 0 Å². The van der Waals surface area contributed by atoms with E-state index in [1.807, 2.05) is 42.5 Å². The largest absolute Gasteiger partial charge is 0.393 e. The fraction of sp³-hybridized carbons (Fsp3) is 0.261. The minimum atomic E-state index is -0.760. The molecule has 1 aliphatic rings. The zero-order valence-electron chi connectivity index (χ0n) is 16.8. The SMILES string of the molecule is C[C@@H](O)CC(=O)Nn1c2c(c(Nc3ccccc3)c1-c1ccncc1)C(=O)CCC2. The van der Waals surface area contributed by atoms with Gasteiger partial charge in [-0.1, -0.05) is 18.2 Å². The molecule has 3 aromatic rings. The van der Waals surface area contributed by atoms with Crippen molar-refractivity contribution in [2.75, 3.05) is 10.7 Å². The van der Waals surface area contributed by atoms with Crippen LogP contribution in [0.1, 0.15) is 42.2 Å². The van der Waals surface area contributed by atoms with Gasteiger partial charge in [-0.05, 0) is 44.0 Å². The molecule has 1 atom stereocenters. The molecular formula is C23H24N4O3. The first-order valence-electron chi connectivity index (χ1n) is 10.1. The summed E-state index contributed by atoms with van der Waals surface area (Å²) in [4.78, 5) is 29.6. The van der Waals surface area contributed by atoms with Crippen molar-refractivity contribution in [3.8, 4) is 11.3 Å². The summed E-state index contributed by atoms with van der Waals surface area (Å²) < 4.78 is 1.71. The van der Waals surface area contributed by atoms with Gasteiger partial charge in [-0.2, -0.15) is 0 Å². The smallest absolute Gasteiger partial charge is 0.241 e. The molecular weight excluding hydrogens is 380 g/mol. The average Bonchev–Trinajstić information content (AvgIpc) is 3.03. The van der Waals surface area contributed by atoms with Crippen LogP contribution in [0, 0.1) is 0 Å². The third-order valence-corrected chi connectivity index (χ3v) is 5.08. The maximum absolute atomic E-state index is 12.9. The van der Waals surface area contributed by atoms with Crippen LogP contribution in [0.25, 0.3) is 11.3 Å². The number of fused-ring (bicyclic) bond motifs is 1. The van der Waals surface area contributed by atoms with Crippen molar-refractivity contribution >= 4 is 23.1 Å². The summed E-state index contributed by atoms with van der Waals surface area (Å²) in [6.07, 6.45) is 4.43. The topological polar surface area (TPSA) is 96.2 Å². The molecule has 7 heteroatoms. The Morgan fingerprint density at radius 2 is 1.90 bits per heavy atom. The quantitative estimate of drug-likeness (QED) is 0.583. The van der Waals surface area contributed by atoms with Gasteiger partial charge in [0.1, 0.15) is 0 Å². The Balaban J connectivity index is 1.91. The Labute approximate surface area is 174 Å². The van der Waals surface area contributed by atoms with E-state index in [9.17, 15) is 14.7 Å². The number of para-hydroxylation sites is 1. The molecule has 2 heterocycles. The van der Waals surface area contributed by atoms with E-state index in [0.717, 1.165) is 23.4 Å². The van der Waals surface area contributed by atoms with Gasteiger partial charge >= 0.3 is 0 Å². The van der Waals surface area contributed by atoms with E-state index in [-0.39, 0.29) is 18.1 Å². The molecule has 0 bridgehead atoms. The molecule has 1 amide bonds. The summed E-state index contributed by atoms with van der Waals surface area (Å²) in [5.74, 6) is -0.268. The number of anilines is 2. The van der Waals surface area contributed by atoms with Crippen molar-refractivity contribution in [1.29, 1.82) is 0 Å². The van der Waals surface area contributed by atoms with Gasteiger partial charge in [0.15, 0.2) is 5.78 Å². The zero-order chi connectivity index (χ0) is 21.1. The van der Waals surface area contributed by atoms with Crippen LogP contribution in [0.5, 0.6) is 0 Å². The van der Waals surface area contributed by atoms with Crippen molar-refractivity contribution in [1.82, 2.24) is 9.66 Å². The van der Waals surface area contributed by atoms with Gasteiger partial charge < -0.3 is 10.4 Å². The minimum absolute atomic E-state index is 0.0296. The molecule has 7 nitrogen and oxygen atoms in total. The molecule has 0 saturated heterocycles. The number of amides is 1. The van der Waals surface area contributed by atoms with Crippen molar-refractivity contribution < 1.29 is 14.7 Å². The highest BCUT2D eigenvalue weighted by Gasteiger charge is 2.31. The van der Waals surface area contributed by atoms with Gasteiger partial charge in [-0.15, -0.1) is 0 Å². The Hall–Kier alpha value is -3.45. The molecule has 3 N–H and O–H groups in total. The first-order chi connectivity index (χ1) is 14.5. The molecule has 4 rings (SSSR count). The maximum Gasteiger partial charge on any atom is 0.241 e. The molecule has 0 unspecified atom stereocenters. The first kappa shape index (κ1) is 19.8. The number of benzene rings is 1. The molecule has 154 valence electrons. The Kier molecular flexibility index (Phi) is 5.63. The summed E-state index contributed by atoms with van der Waals surface area (Å²) in [6, 6.07) is 13.3. The molecule has 1 aliphatic carbocycles. The van der Waals surface area contributed by atoms with Crippen LogP contribution in [0.15, 0.2) is 54.9 Å². The molecule has 2 aromatic heterocycles. The number of carbonyl (C=O) groups is 2. The van der Waals surface area contributed by atoms with Crippen LogP contribution in [0.4, 0.5) is 11.4 Å². The highest BCUT2D eigenvalue weighted by molar-refractivity contribution is 6.08. The number of aliphatic hydroxyl groups is 1. The zero-order valence-corrected chi connectivity index (χ0v) is 16.8. The van der Waals surface area contributed by atoms with Crippen LogP contribution in [0.3, 0.4) is 0 Å². The lowest BCUT2D eigenvalue weighted by Crippen LogP contribution is -2.28. The number of nitrogens with zero attached hydrogens (tertiary/aromatic N) is 2. The maximum atomic E-state index is 12.9. The Morgan fingerprint density at radius 1 is 1.17 bits per heavy atom. The van der Waals surface area contributed by atoms with E-state index in [4.69, 9.17) is 0 Å². The Morgan fingerprint density at radius 3 is 2.60 bits per heavy atom. The van der Waals surface area contributed by atoms with Gasteiger partial charge in [0.2, 0.25) is 5.91 Å². The summed E-state index contributed by atoms with van der Waals surface area (Å²) >= 11 is 0. The predicted molar refractivity (Wildman–Crippen MR) is 115 cm³/mol. The number of rotatable bonds is 6. The standard InChI is InChI=1S/C23H24N4O3/c1-15(28)14-20(30)26-27-18-8-5-9-19(29)21(18)22(25-17-6-3-2-4-7-17)23(27)16-10-12-24-13-11-16/h2-4,6-7,10-13,15,25,28H,5,8-9,14H2,1H3,(H,26,30)/t15-/m1/s1. The Bertz CT molecular complexity index is 1060. The fourth-order valence-electron chi connectivity index (χ4n) is 3.83. The van der Waals surface area contributed by atoms with Crippen LogP contribution in [-0.2, 0) is 11.2 Å². The fourth-order valence-corrected chi connectivity index (χ4v) is 3.83. The van der Waals surface area contributed by atoms with Crippen LogP contribution < -0.4 is 10.7 Å². The predicted octanol–water partition coefficient (Wildman–Crippen LogP) is 3.65. The normalized spacial score (nSPS) is 14.1. The van der Waals surface area contributed by atoms with Crippen molar-refractivity contribution in [3.63, 3.8) is 0 Å². The molecule has 0 aliphatic heterocycles. The number of Topliss-reactive ketones (excluding diaryl/α,β-unsaturated/α-hetero) is 1. The van der Waals surface area contributed by atoms with E-state index in [2.05, 4.69) is 15.7 Å². The number of ketones is 1. The number of hydrogen-bond donors (Lipinski definition) is 3. The lowest BCUT2D eigenvalue weighted by Gasteiger charge is -2.17. The molecule has 1 aromatic carbocycles. The van der Waals surface area contributed by atoms with Crippen molar-refractivity contribution in [2.45, 2.75) is 38.7 Å². The van der Waals surface area contributed by atoms with Crippen molar-refractivity contribution in [3.05, 3.63) is 66.1 Å². The molecule has 0 radical (unpaired) electrons. The van der Waals surface area contributed by atoms with E-state index in [0.29, 0.717) is 29.8 Å². The molecule has 0 saturated carbocycles. The first-order valence-corrected chi connectivity index (χ1v) is 10.1. The van der Waals surface area contributed by atoms with Gasteiger partial charge in [0.25, 0.3) is 0 Å². The second kappa shape index (κ2) is 8.51. The minimum Gasteiger partial charge on any atom is -0.393 e. The molecule has 0 spiro atoms. The van der Waals surface area contributed by atoms with Crippen LogP contribution in [-0.4, -0.2) is 32.6 Å². The molecule has 30 heavy (non-hydrogen) atoms. The second-order valence-corrected chi connectivity index (χ2v) is 7.47. The second-order valence-electron chi connectivity index (χ2n) is 7.47. The van der Waals surface area contributed by atoms with E-state index < -0.39 is 6.10 Å². The van der Waals surface area contributed by atoms with Gasteiger partial charge in [0.05, 0.1) is 35.2 Å². The monoisotopic (exact) mass is 404 g/mol. The van der Waals surface area contributed by atoms with Gasteiger partial charge in [-0.25, -0.2) is 0 Å². The summed E-state index contributed by atoms with van der Waals surface area (Å²) in [6.45, 7) is 1.57. The number of hydrogen-bond acceptors (Lipinski definition) is 5. The number of aromatic nitrogens is 2. The number of pyridine rings is 1. The summed E-state index contributed by atoms with van der Waals surface area (Å²) in [5.41, 5.74) is 7.32. The number of aliphatic hydroxyl groups excluding tert-OH is 1. The van der Waals surface area contributed by atoms with Crippen molar-refractivity contribution in [2.24, 2.45) is 0 Å². The number of nitrogens with one attached hydrogen (secondary N) is 2. The molecule has 0 fully saturated rings. The third-order valence-electron chi connectivity index (χ3n) is 5.08. The van der Waals surface area contributed by atoms with E-state index >= 15 is 0 Å². The van der Waals surface area contributed by atoms with E-state index in [1.54, 1.807) is 24.0 Å². The lowest BCUT2D eigenvalue weighted by atomic mass is 9.95. The van der Waals surface area contributed by atoms with Gasteiger partial charge in [-0.3, -0.25) is 24.7 Å². The highest BCUT2D eigenvalue weighted by Crippen LogP contribution is 2.40. The van der Waals surface area contributed by atoms with Gasteiger partial charge in [0, 0.05) is 30.1 Å². The lowest BCUT2D eigenvalue weighted by molar-refractivity contribution is -0.118. The third kappa shape index (κ3) is 3.97. The number of carbonyl (C=O) groups excluding carboxylic acids is 2.